The molecule has 0 rings (SSSR count). The van der Waals surface area contributed by atoms with Crippen molar-refractivity contribution in [1.82, 2.24) is 0 Å². The van der Waals surface area contributed by atoms with Gasteiger partial charge in [-0.15, -0.1) is 0 Å². The Kier molecular flexibility index (Phi) is 43.9. The van der Waals surface area contributed by atoms with E-state index in [2.05, 4.69) is 0 Å². The molecule has 0 aromatic carbocycles. The first-order valence-corrected chi connectivity index (χ1v) is 5.71. The minimum absolute atomic E-state index is 0. The molecule has 0 radical (unpaired) electrons. The Hall–Kier alpha value is 3.88. The van der Waals surface area contributed by atoms with Crippen LogP contribution in [0.15, 0.2) is 0 Å². The van der Waals surface area contributed by atoms with E-state index in [0.29, 0.717) is 0 Å². The van der Waals surface area contributed by atoms with Crippen LogP contribution in [0.5, 0.6) is 0 Å². The maximum Gasteiger partial charge on any atom is 1.00 e. The molecular weight excluding hydrogens is 416 g/mol. The summed E-state index contributed by atoms with van der Waals surface area (Å²) in [6.07, 6.45) is 0. The molecule has 14 heteroatoms. The number of hydrogen-bond donors (Lipinski definition) is 0. The Balaban J connectivity index is -0.0000000343. The summed E-state index contributed by atoms with van der Waals surface area (Å²) in [6.45, 7) is 0. The summed E-state index contributed by atoms with van der Waals surface area (Å²) in [5.41, 5.74) is 0. The molecule has 0 aliphatic rings. The van der Waals surface area contributed by atoms with Crippen LogP contribution in [-0.2, 0) is 10.7 Å². The normalized spacial score (nSPS) is 8.70. The van der Waals surface area contributed by atoms with Gasteiger partial charge < -0.3 is 16.4 Å². The van der Waals surface area contributed by atoms with E-state index in [1.165, 1.54) is 0 Å². The van der Waals surface area contributed by atoms with Crippen LogP contribution in [0.2, 0.25) is 0 Å². The zero-order chi connectivity index (χ0) is 10.7. The second-order valence-electron chi connectivity index (χ2n) is 1.80. The minimum Gasteiger partial charge on any atom is -0.412 e. The summed E-state index contributed by atoms with van der Waals surface area (Å²) in [5, 5.41) is 51.5. The second kappa shape index (κ2) is 17.7. The third-order valence-electron chi connectivity index (χ3n) is 1.19. The molecule has 0 amide bonds. The summed E-state index contributed by atoms with van der Waals surface area (Å²) in [6, 6.07) is 0. The van der Waals surface area contributed by atoms with Crippen molar-refractivity contribution in [3.63, 3.8) is 0 Å². The van der Waals surface area contributed by atoms with Gasteiger partial charge >= 0.3 is 278 Å². The van der Waals surface area contributed by atoms with Crippen LogP contribution in [0.25, 0.3) is 0 Å². The minimum atomic E-state index is -6.17. The van der Waals surface area contributed by atoms with Gasteiger partial charge in [0.05, 0.1) is 0 Å². The van der Waals surface area contributed by atoms with E-state index in [1.807, 2.05) is 0 Å². The first kappa shape index (κ1) is 49.6. The van der Waals surface area contributed by atoms with Crippen LogP contribution in [0, 0.1) is 61.4 Å². The van der Waals surface area contributed by atoms with Crippen LogP contribution in [0.1, 0.15) is 0 Å². The Morgan fingerprint density at radius 1 is 0.400 bits per heavy atom. The average Bonchev–Trinajstić information content (AvgIpc) is 2.26. The molecule has 0 aromatic heterocycles. The van der Waals surface area contributed by atoms with Gasteiger partial charge in [0, 0.05) is 0 Å². The SMILES string of the molecule is N#[C][Fe-4]([C]#N)([C]#N)([C]#N)([C]#N)[C]#N.O.O.O.[K+].[K+].[K+].[K+]. The molecule has 0 unspecified atom stereocenters. The molecular formula is C6H6FeK4N6O3. The molecule has 6 N–H and O–H groups in total. The standard InChI is InChI=1S/6CN.Fe.4K.3H2O/c6*1-2;;;;;;;;/h;;;;;;;;;;;3*1H2/q;;;;;;-4;4*+1;;;. The van der Waals surface area contributed by atoms with Crippen LogP contribution < -0.4 is 206 Å². The number of hydrogen-bond acceptors (Lipinski definition) is 6. The molecule has 0 spiro atoms. The van der Waals surface area contributed by atoms with Crippen molar-refractivity contribution in [1.29, 1.82) is 31.6 Å². The summed E-state index contributed by atoms with van der Waals surface area (Å²) in [5.74, 6) is 0. The largest absolute Gasteiger partial charge is 1.00 e. The first-order valence-electron chi connectivity index (χ1n) is 2.40. The van der Waals surface area contributed by atoms with Gasteiger partial charge in [-0.2, -0.15) is 0 Å². The smallest absolute Gasteiger partial charge is 0.412 e. The topological polar surface area (TPSA) is 237 Å². The van der Waals surface area contributed by atoms with Crippen molar-refractivity contribution < 1.29 is 233 Å². The first-order chi connectivity index (χ1) is 5.97. The van der Waals surface area contributed by atoms with E-state index < -0.39 is 10.7 Å². The second-order valence-corrected chi connectivity index (χ2v) is 7.42. The summed E-state index contributed by atoms with van der Waals surface area (Å²) in [7, 11) is -6.17. The number of rotatable bonds is 0. The number of nitrogens with zero attached hydrogens (tertiary/aromatic N) is 6. The Morgan fingerprint density at radius 3 is 0.500 bits per heavy atom. The van der Waals surface area contributed by atoms with E-state index in [9.17, 15) is 0 Å². The zero-order valence-corrected chi connectivity index (χ0v) is 25.1. The van der Waals surface area contributed by atoms with Crippen LogP contribution in [0.3, 0.4) is 0 Å². The maximum atomic E-state index is 8.58. The van der Waals surface area contributed by atoms with Crippen LogP contribution in [-0.4, -0.2) is 16.4 Å². The molecule has 0 atom stereocenters. The van der Waals surface area contributed by atoms with Gasteiger partial charge in [-0.1, -0.05) is 0 Å². The summed E-state index contributed by atoms with van der Waals surface area (Å²) in [4.78, 5) is 6.19. The van der Waals surface area contributed by atoms with Gasteiger partial charge in [0.15, 0.2) is 0 Å². The Bertz CT molecular complexity index is 413. The molecule has 0 bridgehead atoms. The molecule has 9 nitrogen and oxygen atoms in total. The molecule has 20 heavy (non-hydrogen) atoms. The fourth-order valence-corrected chi connectivity index (χ4v) is 1.09. The molecule has 0 heterocycles. The molecule has 0 aliphatic carbocycles. The van der Waals surface area contributed by atoms with E-state index in [-0.39, 0.29) is 222 Å². The quantitative estimate of drug-likeness (QED) is 0.343. The van der Waals surface area contributed by atoms with Crippen molar-refractivity contribution in [2.75, 3.05) is 0 Å². The van der Waals surface area contributed by atoms with Crippen LogP contribution >= 0.6 is 0 Å². The molecule has 0 fully saturated rings. The van der Waals surface area contributed by atoms with Gasteiger partial charge in [0.2, 0.25) is 0 Å². The fraction of sp³-hybridized carbons (Fsp3) is 0. The fourth-order valence-electron chi connectivity index (χ4n) is 0.265. The molecule has 0 saturated heterocycles. The van der Waals surface area contributed by atoms with Crippen molar-refractivity contribution in [2.45, 2.75) is 0 Å². The van der Waals surface area contributed by atoms with Crippen LogP contribution in [0.4, 0.5) is 0 Å². The Morgan fingerprint density at radius 2 is 0.500 bits per heavy atom. The third kappa shape index (κ3) is 8.31. The van der Waals surface area contributed by atoms with Crippen molar-refractivity contribution >= 4 is 0 Å². The van der Waals surface area contributed by atoms with E-state index in [4.69, 9.17) is 31.6 Å². The maximum absolute atomic E-state index is 8.58. The monoisotopic (exact) mass is 422 g/mol. The molecule has 0 aromatic rings. The predicted octanol–water partition coefficient (Wildman–Crippen LogP) is -14.4. The van der Waals surface area contributed by atoms with Gasteiger partial charge in [-0.25, -0.2) is 0 Å². The van der Waals surface area contributed by atoms with Crippen molar-refractivity contribution in [2.24, 2.45) is 0 Å². The Labute approximate surface area is 285 Å². The zero-order valence-electron chi connectivity index (χ0n) is 11.5. The van der Waals surface area contributed by atoms with Crippen molar-refractivity contribution in [3.05, 3.63) is 0 Å². The summed E-state index contributed by atoms with van der Waals surface area (Å²) < 4.78 is 0. The number of nitriles is 6. The predicted molar refractivity (Wildman–Crippen MR) is 44.5 cm³/mol. The summed E-state index contributed by atoms with van der Waals surface area (Å²) >= 11 is 0. The van der Waals surface area contributed by atoms with Crippen molar-refractivity contribution in [3.8, 4) is 29.8 Å². The average molecular weight is 422 g/mol. The molecule has 0 aliphatic heterocycles. The molecule has 90 valence electrons. The van der Waals surface area contributed by atoms with E-state index >= 15 is 0 Å². The van der Waals surface area contributed by atoms with Gasteiger partial charge in [0.25, 0.3) is 0 Å². The van der Waals surface area contributed by atoms with Gasteiger partial charge in [0.1, 0.15) is 0 Å². The van der Waals surface area contributed by atoms with Gasteiger partial charge in [-0.05, 0) is 0 Å². The van der Waals surface area contributed by atoms with E-state index in [1.54, 1.807) is 0 Å². The third-order valence-corrected chi connectivity index (χ3v) is 4.89. The molecule has 0 saturated carbocycles. The van der Waals surface area contributed by atoms with E-state index in [0.717, 1.165) is 29.8 Å². The van der Waals surface area contributed by atoms with Gasteiger partial charge in [-0.3, -0.25) is 0 Å².